The van der Waals surface area contributed by atoms with Crippen molar-refractivity contribution in [3.05, 3.63) is 77.2 Å². The van der Waals surface area contributed by atoms with E-state index in [1.807, 2.05) is 18.3 Å². The van der Waals surface area contributed by atoms with Crippen LogP contribution in [0.4, 0.5) is 11.8 Å². The molecule has 54 heavy (non-hydrogen) atoms. The Morgan fingerprint density at radius 3 is 2.28 bits per heavy atom. The van der Waals surface area contributed by atoms with Gasteiger partial charge in [0.1, 0.15) is 17.2 Å². The monoisotopic (exact) mass is 731 g/mol. The van der Waals surface area contributed by atoms with Gasteiger partial charge >= 0.3 is 0 Å². The molecule has 4 aromatic rings. The average Bonchev–Trinajstić information content (AvgIpc) is 3.86. The molecule has 1 saturated carbocycles. The van der Waals surface area contributed by atoms with Gasteiger partial charge in [-0.05, 0) is 112 Å². The molecule has 4 aliphatic rings. The van der Waals surface area contributed by atoms with Gasteiger partial charge in [0.05, 0.1) is 5.92 Å². The van der Waals surface area contributed by atoms with Crippen molar-refractivity contribution in [2.75, 3.05) is 52.1 Å². The van der Waals surface area contributed by atoms with Crippen molar-refractivity contribution in [2.45, 2.75) is 94.5 Å². The largest absolute Gasteiger partial charge is 0.343 e. The van der Waals surface area contributed by atoms with Gasteiger partial charge in [-0.3, -0.25) is 19.7 Å². The van der Waals surface area contributed by atoms with E-state index in [1.54, 1.807) is 25.2 Å². The summed E-state index contributed by atoms with van der Waals surface area (Å²) in [5.41, 5.74) is 5.07. The fraction of sp³-hybridized carbons (Fsp3) is 0.524. The number of carbonyl (C=O) groups excluding carboxylic acids is 3. The van der Waals surface area contributed by atoms with Crippen LogP contribution in [0.5, 0.6) is 0 Å². The summed E-state index contributed by atoms with van der Waals surface area (Å²) < 4.78 is 2.13. The van der Waals surface area contributed by atoms with Crippen molar-refractivity contribution in [2.24, 2.45) is 0 Å². The topological polar surface area (TPSA) is 129 Å². The minimum absolute atomic E-state index is 0.0121. The first-order valence-corrected chi connectivity index (χ1v) is 20.0. The zero-order valence-corrected chi connectivity index (χ0v) is 31.7. The van der Waals surface area contributed by atoms with Gasteiger partial charge in [0.25, 0.3) is 5.91 Å². The quantitative estimate of drug-likeness (QED) is 0.195. The summed E-state index contributed by atoms with van der Waals surface area (Å²) in [7, 11) is 3.58. The smallest absolute Gasteiger partial charge is 0.270 e. The van der Waals surface area contributed by atoms with Crippen LogP contribution in [0, 0.1) is 0 Å². The molecule has 3 saturated heterocycles. The number of fused-ring (bicyclic) bond motifs is 1. The summed E-state index contributed by atoms with van der Waals surface area (Å²) in [6.45, 7) is 5.57. The SMILES string of the molecule is CN(C)C(=O)c1cc2cnc(Nc3ccc(CCN4CCC(N5CCC(c6ccc(C7CCC(=O)NC7=O)cc6)CC5)CC4)cn3)nc2n1C1CCCC1. The van der Waals surface area contributed by atoms with E-state index in [0.717, 1.165) is 68.6 Å². The van der Waals surface area contributed by atoms with Crippen molar-refractivity contribution in [3.63, 3.8) is 0 Å². The van der Waals surface area contributed by atoms with Crippen LogP contribution in [-0.4, -0.2) is 105 Å². The van der Waals surface area contributed by atoms with Crippen LogP contribution in [0.15, 0.2) is 54.9 Å². The number of nitrogens with zero attached hydrogens (tertiary/aromatic N) is 7. The second-order valence-corrected chi connectivity index (χ2v) is 16.0. The number of likely N-dealkylation sites (tertiary alicyclic amines) is 2. The molecule has 1 aliphatic carbocycles. The van der Waals surface area contributed by atoms with Gasteiger partial charge in [0.15, 0.2) is 0 Å². The summed E-state index contributed by atoms with van der Waals surface area (Å²) in [6, 6.07) is 15.6. The Morgan fingerprint density at radius 2 is 1.59 bits per heavy atom. The minimum atomic E-state index is -0.218. The third kappa shape index (κ3) is 7.91. The van der Waals surface area contributed by atoms with Gasteiger partial charge in [-0.1, -0.05) is 43.2 Å². The first-order chi connectivity index (χ1) is 26.3. The predicted octanol–water partition coefficient (Wildman–Crippen LogP) is 5.79. The summed E-state index contributed by atoms with van der Waals surface area (Å²) >= 11 is 0. The molecule has 1 aromatic carbocycles. The lowest BCUT2D eigenvalue weighted by molar-refractivity contribution is -0.134. The molecule has 1 unspecified atom stereocenters. The van der Waals surface area contributed by atoms with Gasteiger partial charge in [0.2, 0.25) is 17.8 Å². The first kappa shape index (κ1) is 36.3. The van der Waals surface area contributed by atoms with E-state index in [0.29, 0.717) is 42.3 Å². The van der Waals surface area contributed by atoms with Crippen LogP contribution < -0.4 is 10.6 Å². The van der Waals surface area contributed by atoms with Crippen LogP contribution in [0.1, 0.15) is 109 Å². The van der Waals surface area contributed by atoms with E-state index in [1.165, 1.54) is 49.7 Å². The van der Waals surface area contributed by atoms with Crippen LogP contribution in [0.2, 0.25) is 0 Å². The third-order valence-corrected chi connectivity index (χ3v) is 12.3. The van der Waals surface area contributed by atoms with Gasteiger partial charge in [0, 0.05) is 56.9 Å². The van der Waals surface area contributed by atoms with Gasteiger partial charge < -0.3 is 24.6 Å². The third-order valence-electron chi connectivity index (χ3n) is 12.3. The zero-order chi connectivity index (χ0) is 37.2. The van der Waals surface area contributed by atoms with E-state index < -0.39 is 0 Å². The number of pyridine rings is 1. The van der Waals surface area contributed by atoms with Crippen LogP contribution in [0.3, 0.4) is 0 Å². The Kier molecular flexibility index (Phi) is 10.7. The molecule has 12 heteroatoms. The molecule has 6 heterocycles. The molecule has 8 rings (SSSR count). The van der Waals surface area contributed by atoms with E-state index in [9.17, 15) is 14.4 Å². The Labute approximate surface area is 317 Å². The van der Waals surface area contributed by atoms with Crippen LogP contribution >= 0.6 is 0 Å². The van der Waals surface area contributed by atoms with Crippen LogP contribution in [-0.2, 0) is 16.0 Å². The molecular formula is C42H53N9O3. The van der Waals surface area contributed by atoms with E-state index in [-0.39, 0.29) is 29.7 Å². The molecule has 12 nitrogen and oxygen atoms in total. The molecule has 3 amide bonds. The molecule has 0 spiro atoms. The molecule has 3 aromatic heterocycles. The summed E-state index contributed by atoms with van der Waals surface area (Å²) in [5, 5.41) is 6.65. The maximum absolute atomic E-state index is 13.1. The number of benzene rings is 1. The minimum Gasteiger partial charge on any atom is -0.343 e. The van der Waals surface area contributed by atoms with Gasteiger partial charge in [-0.15, -0.1) is 0 Å². The molecule has 3 aliphatic heterocycles. The lowest BCUT2D eigenvalue weighted by atomic mass is 9.85. The van der Waals surface area contributed by atoms with E-state index in [4.69, 9.17) is 9.97 Å². The van der Waals surface area contributed by atoms with Crippen LogP contribution in [0.25, 0.3) is 11.0 Å². The number of imide groups is 1. The molecule has 284 valence electrons. The predicted molar refractivity (Wildman–Crippen MR) is 209 cm³/mol. The average molecular weight is 732 g/mol. The number of piperidine rings is 3. The maximum atomic E-state index is 13.1. The highest BCUT2D eigenvalue weighted by Crippen LogP contribution is 2.36. The normalized spacial score (nSPS) is 21.1. The number of amides is 3. The lowest BCUT2D eigenvalue weighted by Gasteiger charge is -2.42. The number of nitrogens with one attached hydrogen (secondary N) is 2. The van der Waals surface area contributed by atoms with Crippen molar-refractivity contribution < 1.29 is 14.4 Å². The Balaban J connectivity index is 0.789. The molecule has 4 fully saturated rings. The molecule has 0 bridgehead atoms. The summed E-state index contributed by atoms with van der Waals surface area (Å²) in [5.74, 6) is 1.19. The highest BCUT2D eigenvalue weighted by Gasteiger charge is 2.31. The lowest BCUT2D eigenvalue weighted by Crippen LogP contribution is -2.47. The molecular weight excluding hydrogens is 679 g/mol. The fourth-order valence-corrected chi connectivity index (χ4v) is 9.16. The number of carbonyl (C=O) groups is 3. The number of hydrogen-bond acceptors (Lipinski definition) is 9. The second kappa shape index (κ2) is 16.0. The molecule has 0 radical (unpaired) electrons. The number of hydrogen-bond donors (Lipinski definition) is 2. The zero-order valence-electron chi connectivity index (χ0n) is 31.7. The highest BCUT2D eigenvalue weighted by atomic mass is 16.2. The Morgan fingerprint density at radius 1 is 0.852 bits per heavy atom. The molecule has 1 atom stereocenters. The second-order valence-electron chi connectivity index (χ2n) is 16.0. The highest BCUT2D eigenvalue weighted by molar-refractivity contribution is 6.01. The van der Waals surface area contributed by atoms with Gasteiger partial charge in [-0.2, -0.15) is 4.98 Å². The summed E-state index contributed by atoms with van der Waals surface area (Å²) in [6.07, 6.45) is 14.9. The van der Waals surface area contributed by atoms with Crippen molar-refractivity contribution >= 4 is 40.5 Å². The van der Waals surface area contributed by atoms with Crippen molar-refractivity contribution in [1.29, 1.82) is 0 Å². The van der Waals surface area contributed by atoms with E-state index in [2.05, 4.69) is 60.3 Å². The Hall–Kier alpha value is -4.68. The fourth-order valence-electron chi connectivity index (χ4n) is 9.16. The number of anilines is 2. The number of aromatic nitrogens is 4. The maximum Gasteiger partial charge on any atom is 0.270 e. The van der Waals surface area contributed by atoms with Gasteiger partial charge in [-0.25, -0.2) is 9.97 Å². The standard InChI is InChI=1S/C42H53N9O3/c1-48(2)41(54)36-25-32-27-44-42(47-39(32)51(36)34-5-3-4-6-34)45-37-13-7-28(26-43-37)15-20-49-21-18-33(19-22-49)50-23-16-30(17-24-50)29-8-10-31(11-9-29)35-12-14-38(52)46-40(35)53/h7-11,13,25-27,30,33-35H,3-6,12,14-24H2,1-2H3,(H,46,52,53)(H,43,44,45,47). The van der Waals surface area contributed by atoms with Crippen molar-refractivity contribution in [3.8, 4) is 0 Å². The first-order valence-electron chi connectivity index (χ1n) is 20.0. The number of rotatable bonds is 10. The Bertz CT molecular complexity index is 1950. The van der Waals surface area contributed by atoms with E-state index >= 15 is 0 Å². The molecule has 2 N–H and O–H groups in total. The van der Waals surface area contributed by atoms with Crippen molar-refractivity contribution in [1.82, 2.24) is 39.5 Å². The summed E-state index contributed by atoms with van der Waals surface area (Å²) in [4.78, 5) is 57.9.